The van der Waals surface area contributed by atoms with Gasteiger partial charge < -0.3 is 14.4 Å². The Morgan fingerprint density at radius 3 is 3.18 bits per heavy atom. The lowest BCUT2D eigenvalue weighted by atomic mass is 10.2. The summed E-state index contributed by atoms with van der Waals surface area (Å²) < 4.78 is 25.7. The molecule has 7 heteroatoms. The molecule has 0 bridgehead atoms. The van der Waals surface area contributed by atoms with Crippen LogP contribution in [0.25, 0.3) is 0 Å². The summed E-state index contributed by atoms with van der Waals surface area (Å²) in [4.78, 5) is 18.0. The molecule has 1 fully saturated rings. The third-order valence-electron chi connectivity index (χ3n) is 3.91. The molecule has 2 aliphatic rings. The topological polar surface area (TPSA) is 56.6 Å². The summed E-state index contributed by atoms with van der Waals surface area (Å²) in [6.07, 6.45) is 0. The highest BCUT2D eigenvalue weighted by atomic mass is 19.1. The number of rotatable bonds is 3. The molecule has 1 unspecified atom stereocenters. The smallest absolute Gasteiger partial charge is 0.352 e. The predicted molar refractivity (Wildman–Crippen MR) is 76.3 cm³/mol. The Balaban J connectivity index is 1.57. The fourth-order valence-electron chi connectivity index (χ4n) is 2.84. The molecule has 22 heavy (non-hydrogen) atoms. The molecule has 0 aliphatic carbocycles. The number of ether oxygens (including phenoxy) is 2. The molecule has 4 rings (SSSR count). The summed E-state index contributed by atoms with van der Waals surface area (Å²) in [5.41, 5.74) is 0.353. The van der Waals surface area contributed by atoms with Crippen LogP contribution in [-0.2, 0) is 17.9 Å². The molecule has 1 saturated heterocycles. The van der Waals surface area contributed by atoms with Gasteiger partial charge in [-0.25, -0.2) is 9.18 Å². The molecular weight excluding hydrogens is 289 g/mol. The monoisotopic (exact) mass is 303 g/mol. The van der Waals surface area contributed by atoms with E-state index in [2.05, 4.69) is 4.98 Å². The second-order valence-electron chi connectivity index (χ2n) is 5.39. The summed E-state index contributed by atoms with van der Waals surface area (Å²) in [6.45, 7) is 1.83. The minimum atomic E-state index is -0.332. The van der Waals surface area contributed by atoms with Crippen molar-refractivity contribution in [3.63, 3.8) is 0 Å². The van der Waals surface area contributed by atoms with Crippen LogP contribution in [-0.4, -0.2) is 28.9 Å². The van der Waals surface area contributed by atoms with E-state index in [0.717, 1.165) is 5.82 Å². The van der Waals surface area contributed by atoms with Gasteiger partial charge in [0.15, 0.2) is 0 Å². The maximum atomic E-state index is 13.1. The van der Waals surface area contributed by atoms with Crippen LogP contribution in [0.5, 0.6) is 5.88 Å². The van der Waals surface area contributed by atoms with Crippen LogP contribution in [0.15, 0.2) is 35.1 Å². The van der Waals surface area contributed by atoms with Gasteiger partial charge in [-0.1, -0.05) is 12.1 Å². The Morgan fingerprint density at radius 2 is 2.32 bits per heavy atom. The number of benzene rings is 1. The van der Waals surface area contributed by atoms with E-state index in [-0.39, 0.29) is 30.0 Å². The lowest BCUT2D eigenvalue weighted by Crippen LogP contribution is -2.26. The maximum Gasteiger partial charge on any atom is 0.352 e. The largest absolute Gasteiger partial charge is 0.473 e. The van der Waals surface area contributed by atoms with Crippen LogP contribution < -0.4 is 15.3 Å². The van der Waals surface area contributed by atoms with E-state index < -0.39 is 0 Å². The predicted octanol–water partition coefficient (Wildman–Crippen LogP) is 1.14. The van der Waals surface area contributed by atoms with Crippen LogP contribution in [0.4, 0.5) is 10.2 Å². The first kappa shape index (κ1) is 13.3. The van der Waals surface area contributed by atoms with E-state index in [9.17, 15) is 9.18 Å². The average Bonchev–Trinajstić information content (AvgIpc) is 3.07. The van der Waals surface area contributed by atoms with Crippen molar-refractivity contribution in [2.75, 3.05) is 18.2 Å². The quantitative estimate of drug-likeness (QED) is 0.851. The highest BCUT2D eigenvalue weighted by Gasteiger charge is 2.35. The zero-order valence-electron chi connectivity index (χ0n) is 11.7. The molecule has 6 nitrogen and oxygen atoms in total. The molecule has 0 saturated carbocycles. The third-order valence-corrected chi connectivity index (χ3v) is 3.91. The summed E-state index contributed by atoms with van der Waals surface area (Å²) >= 11 is 0. The Bertz CT molecular complexity index is 777. The molecule has 0 amide bonds. The Labute approximate surface area is 125 Å². The van der Waals surface area contributed by atoms with E-state index >= 15 is 0 Å². The third kappa shape index (κ3) is 2.23. The van der Waals surface area contributed by atoms with E-state index in [1.807, 2.05) is 4.90 Å². The molecule has 1 atom stereocenters. The molecule has 114 valence electrons. The average molecular weight is 303 g/mol. The molecule has 0 N–H and O–H groups in total. The molecule has 1 aromatic heterocycles. The van der Waals surface area contributed by atoms with Crippen LogP contribution >= 0.6 is 0 Å². The van der Waals surface area contributed by atoms with E-state index in [4.69, 9.17) is 9.47 Å². The number of nitrogens with zero attached hydrogens (tertiary/aromatic N) is 3. The van der Waals surface area contributed by atoms with Crippen molar-refractivity contribution in [1.29, 1.82) is 0 Å². The zero-order chi connectivity index (χ0) is 15.1. The maximum absolute atomic E-state index is 13.1. The minimum absolute atomic E-state index is 0.160. The Hall–Kier alpha value is -2.41. The second kappa shape index (κ2) is 5.10. The van der Waals surface area contributed by atoms with E-state index in [1.165, 1.54) is 12.1 Å². The van der Waals surface area contributed by atoms with Crippen LogP contribution in [0.1, 0.15) is 5.56 Å². The number of hydrogen-bond acceptors (Lipinski definition) is 5. The van der Waals surface area contributed by atoms with Crippen LogP contribution in [0, 0.1) is 5.82 Å². The van der Waals surface area contributed by atoms with Crippen molar-refractivity contribution in [1.82, 2.24) is 9.55 Å². The summed E-state index contributed by atoms with van der Waals surface area (Å²) in [5.74, 6) is 0.685. The molecule has 2 aliphatic heterocycles. The number of halogens is 1. The van der Waals surface area contributed by atoms with Gasteiger partial charge in [-0.2, -0.15) is 4.98 Å². The van der Waals surface area contributed by atoms with Gasteiger partial charge in [0, 0.05) is 6.07 Å². The molecular formula is C15H14FN3O3. The molecule has 1 aromatic carbocycles. The fraction of sp³-hybridized carbons (Fsp3) is 0.333. The van der Waals surface area contributed by atoms with Crippen molar-refractivity contribution in [2.24, 2.45) is 0 Å². The Morgan fingerprint density at radius 1 is 1.41 bits per heavy atom. The molecule has 2 aromatic rings. The van der Waals surface area contributed by atoms with Gasteiger partial charge in [0.05, 0.1) is 19.2 Å². The van der Waals surface area contributed by atoms with Gasteiger partial charge in [-0.3, -0.25) is 4.57 Å². The first-order valence-corrected chi connectivity index (χ1v) is 7.04. The highest BCUT2D eigenvalue weighted by molar-refractivity contribution is 5.47. The molecule has 3 heterocycles. The van der Waals surface area contributed by atoms with Crippen molar-refractivity contribution < 1.29 is 13.9 Å². The van der Waals surface area contributed by atoms with Gasteiger partial charge in [0.1, 0.15) is 25.0 Å². The lowest BCUT2D eigenvalue weighted by Gasteiger charge is -2.15. The summed E-state index contributed by atoms with van der Waals surface area (Å²) in [6, 6.07) is 8.06. The number of anilines is 1. The first-order chi connectivity index (χ1) is 10.7. The van der Waals surface area contributed by atoms with Gasteiger partial charge >= 0.3 is 5.69 Å². The van der Waals surface area contributed by atoms with Crippen LogP contribution in [0.3, 0.4) is 0 Å². The van der Waals surface area contributed by atoms with E-state index in [0.29, 0.717) is 25.4 Å². The van der Waals surface area contributed by atoms with Gasteiger partial charge in [-0.15, -0.1) is 0 Å². The fourth-order valence-corrected chi connectivity index (χ4v) is 2.84. The Kier molecular flexibility index (Phi) is 3.07. The van der Waals surface area contributed by atoms with Crippen molar-refractivity contribution in [3.05, 3.63) is 52.2 Å². The SMILES string of the molecule is O=c1nc(OCc2cccc(F)c2)cc2n1CC1COCN21. The minimum Gasteiger partial charge on any atom is -0.473 e. The molecule has 0 radical (unpaired) electrons. The number of hydrogen-bond donors (Lipinski definition) is 0. The molecule has 0 spiro atoms. The second-order valence-corrected chi connectivity index (χ2v) is 5.39. The first-order valence-electron chi connectivity index (χ1n) is 7.04. The normalized spacial score (nSPS) is 19.1. The van der Waals surface area contributed by atoms with E-state index in [1.54, 1.807) is 22.8 Å². The van der Waals surface area contributed by atoms with Gasteiger partial charge in [-0.05, 0) is 17.7 Å². The number of fused-ring (bicyclic) bond motifs is 3. The highest BCUT2D eigenvalue weighted by Crippen LogP contribution is 2.29. The van der Waals surface area contributed by atoms with Crippen molar-refractivity contribution in [2.45, 2.75) is 19.2 Å². The van der Waals surface area contributed by atoms with Gasteiger partial charge in [0.2, 0.25) is 5.88 Å². The van der Waals surface area contributed by atoms with Crippen molar-refractivity contribution >= 4 is 5.82 Å². The summed E-state index contributed by atoms with van der Waals surface area (Å²) in [7, 11) is 0. The zero-order valence-corrected chi connectivity index (χ0v) is 11.7. The van der Waals surface area contributed by atoms with Crippen molar-refractivity contribution in [3.8, 4) is 5.88 Å². The standard InChI is InChI=1S/C15H14FN3O3/c16-11-3-1-2-10(4-11)7-22-13-5-14-18(15(20)17-13)6-12-8-21-9-19(12)14/h1-5,12H,6-9H2. The number of aromatic nitrogens is 2. The summed E-state index contributed by atoms with van der Waals surface area (Å²) in [5, 5.41) is 0. The van der Waals surface area contributed by atoms with Gasteiger partial charge in [0.25, 0.3) is 0 Å². The van der Waals surface area contributed by atoms with Crippen LogP contribution in [0.2, 0.25) is 0 Å². The lowest BCUT2D eigenvalue weighted by molar-refractivity contribution is 0.189.